The average Bonchev–Trinajstić information content (AvgIpc) is 3.15. The number of rotatable bonds is 6. The molecule has 0 radical (unpaired) electrons. The van der Waals surface area contributed by atoms with Gasteiger partial charge in [0.15, 0.2) is 0 Å². The molecule has 0 unspecified atom stereocenters. The van der Waals surface area contributed by atoms with Crippen LogP contribution in [0.15, 0.2) is 72.1 Å². The fourth-order valence-corrected chi connectivity index (χ4v) is 4.15. The van der Waals surface area contributed by atoms with Crippen molar-refractivity contribution >= 4 is 28.6 Å². The Morgan fingerprint density at radius 1 is 1.07 bits per heavy atom. The van der Waals surface area contributed by atoms with E-state index in [-0.39, 0.29) is 11.0 Å². The molecule has 0 aliphatic heterocycles. The lowest BCUT2D eigenvalue weighted by Crippen LogP contribution is -2.08. The summed E-state index contributed by atoms with van der Waals surface area (Å²) in [6.45, 7) is 3.51. The van der Waals surface area contributed by atoms with Crippen molar-refractivity contribution < 1.29 is 9.53 Å². The van der Waals surface area contributed by atoms with Crippen molar-refractivity contribution in [3.05, 3.63) is 67.1 Å². The third-order valence-electron chi connectivity index (χ3n) is 4.84. The van der Waals surface area contributed by atoms with Gasteiger partial charge in [-0.1, -0.05) is 54.2 Å². The highest BCUT2D eigenvalue weighted by atomic mass is 32.2. The number of methoxy groups -OCH3 is 1. The molecule has 0 saturated carbocycles. The molecule has 146 valence electrons. The number of ether oxygens (including phenoxy) is 1. The Hall–Kier alpha value is -3.12. The van der Waals surface area contributed by atoms with Crippen LogP contribution in [0.5, 0.6) is 5.75 Å². The van der Waals surface area contributed by atoms with Crippen molar-refractivity contribution in [2.24, 2.45) is 0 Å². The summed E-state index contributed by atoms with van der Waals surface area (Å²) in [5.41, 5.74) is 3.77. The number of ketones is 1. The Kier molecular flexibility index (Phi) is 5.36. The maximum atomic E-state index is 11.9. The molecule has 5 nitrogen and oxygen atoms in total. The summed E-state index contributed by atoms with van der Waals surface area (Å²) in [7, 11) is 1.66. The third-order valence-corrected chi connectivity index (χ3v) is 6.06. The predicted molar refractivity (Wildman–Crippen MR) is 117 cm³/mol. The zero-order chi connectivity index (χ0) is 20.4. The zero-order valence-electron chi connectivity index (χ0n) is 16.5. The molecule has 2 aromatic carbocycles. The first-order valence-corrected chi connectivity index (χ1v) is 10.2. The monoisotopic (exact) mass is 403 g/mol. The number of thioether (sulfide) groups is 1. The molecule has 0 saturated heterocycles. The van der Waals surface area contributed by atoms with Crippen LogP contribution in [-0.4, -0.2) is 32.7 Å². The van der Waals surface area contributed by atoms with Crippen LogP contribution in [0.4, 0.5) is 0 Å². The van der Waals surface area contributed by atoms with Gasteiger partial charge < -0.3 is 4.74 Å². The number of para-hydroxylation sites is 2. The first-order chi connectivity index (χ1) is 14.1. The normalized spacial score (nSPS) is 12.1. The highest BCUT2D eigenvalue weighted by Crippen LogP contribution is 2.39. The molecule has 0 aliphatic rings. The summed E-state index contributed by atoms with van der Waals surface area (Å²) in [4.78, 5) is 21.0. The van der Waals surface area contributed by atoms with Crippen molar-refractivity contribution in [2.75, 3.05) is 7.11 Å². The molecule has 4 rings (SSSR count). The Labute approximate surface area is 173 Å². The highest BCUT2D eigenvalue weighted by Gasteiger charge is 2.21. The molecule has 0 aliphatic carbocycles. The van der Waals surface area contributed by atoms with Gasteiger partial charge in [0.05, 0.1) is 23.4 Å². The summed E-state index contributed by atoms with van der Waals surface area (Å²) in [5, 5.41) is 1.54. The quantitative estimate of drug-likeness (QED) is 0.328. The number of nitrogens with zero attached hydrogens (tertiary/aromatic N) is 3. The highest BCUT2D eigenvalue weighted by molar-refractivity contribution is 8.00. The van der Waals surface area contributed by atoms with Crippen molar-refractivity contribution in [3.8, 4) is 22.6 Å². The van der Waals surface area contributed by atoms with Crippen molar-refractivity contribution in [3.63, 3.8) is 0 Å². The number of hydrogen-bond donors (Lipinski definition) is 0. The lowest BCUT2D eigenvalue weighted by Gasteiger charge is -2.11. The molecular formula is C23H21N3O2S. The zero-order valence-corrected chi connectivity index (χ0v) is 17.3. The van der Waals surface area contributed by atoms with E-state index in [2.05, 4.69) is 28.3 Å². The minimum absolute atomic E-state index is 0.118. The number of aromatic nitrogens is 3. The fourth-order valence-electron chi connectivity index (χ4n) is 3.22. The van der Waals surface area contributed by atoms with E-state index in [1.165, 1.54) is 11.8 Å². The molecule has 4 aromatic rings. The van der Waals surface area contributed by atoms with Gasteiger partial charge in [0.25, 0.3) is 0 Å². The number of Topliss-reactive ketones (excluding diaryl/α,β-unsaturated/α-hetero) is 1. The molecule has 0 fully saturated rings. The van der Waals surface area contributed by atoms with Crippen molar-refractivity contribution in [2.45, 2.75) is 24.1 Å². The standard InChI is InChI=1S/C23H21N3O2S/c1-15(27)16(2)29-23-21-18(17-9-5-4-6-10-17)13-26(22(21)24-14-25-23)19-11-7-8-12-20(19)28-3/h4-14,16H,1-3H3/t16-/m0/s1. The lowest BCUT2D eigenvalue weighted by atomic mass is 10.1. The first-order valence-electron chi connectivity index (χ1n) is 9.32. The van der Waals surface area contributed by atoms with Gasteiger partial charge in [0, 0.05) is 11.8 Å². The number of fused-ring (bicyclic) bond motifs is 1. The van der Waals surface area contributed by atoms with E-state index >= 15 is 0 Å². The molecule has 2 aromatic heterocycles. The molecule has 6 heteroatoms. The number of hydrogen-bond acceptors (Lipinski definition) is 5. The second-order valence-corrected chi connectivity index (χ2v) is 8.03. The topological polar surface area (TPSA) is 57.0 Å². The largest absolute Gasteiger partial charge is 0.495 e. The predicted octanol–water partition coefficient (Wildman–Crippen LogP) is 5.17. The van der Waals surface area contributed by atoms with Crippen LogP contribution in [0, 0.1) is 0 Å². The molecular weight excluding hydrogens is 382 g/mol. The van der Waals surface area contributed by atoms with Gasteiger partial charge in [-0.05, 0) is 31.5 Å². The summed E-state index contributed by atoms with van der Waals surface area (Å²) in [6, 6.07) is 18.0. The smallest absolute Gasteiger partial charge is 0.149 e. The van der Waals surface area contributed by atoms with Crippen LogP contribution < -0.4 is 4.74 Å². The van der Waals surface area contributed by atoms with Gasteiger partial charge >= 0.3 is 0 Å². The maximum absolute atomic E-state index is 11.9. The second-order valence-electron chi connectivity index (χ2n) is 6.70. The van der Waals surface area contributed by atoms with Crippen molar-refractivity contribution in [1.29, 1.82) is 0 Å². The maximum Gasteiger partial charge on any atom is 0.149 e. The Balaban J connectivity index is 2.01. The van der Waals surface area contributed by atoms with E-state index in [0.29, 0.717) is 0 Å². The Morgan fingerprint density at radius 2 is 1.79 bits per heavy atom. The summed E-state index contributed by atoms with van der Waals surface area (Å²) in [5.74, 6) is 0.876. The number of benzene rings is 2. The molecule has 2 heterocycles. The average molecular weight is 404 g/mol. The van der Waals surface area contributed by atoms with E-state index in [9.17, 15) is 4.79 Å². The number of carbonyl (C=O) groups excluding carboxylic acids is 1. The first kappa shape index (κ1) is 19.2. The SMILES string of the molecule is COc1ccccc1-n1cc(-c2ccccc2)c2c(S[C@@H](C)C(C)=O)ncnc21. The van der Waals surface area contributed by atoms with Gasteiger partial charge in [0.1, 0.15) is 28.5 Å². The minimum atomic E-state index is -0.189. The van der Waals surface area contributed by atoms with Crippen LogP contribution >= 0.6 is 11.8 Å². The van der Waals surface area contributed by atoms with E-state index in [0.717, 1.165) is 38.6 Å². The summed E-state index contributed by atoms with van der Waals surface area (Å²) < 4.78 is 7.60. The molecule has 0 N–H and O–H groups in total. The van der Waals surface area contributed by atoms with Crippen LogP contribution in [0.2, 0.25) is 0 Å². The van der Waals surface area contributed by atoms with Crippen LogP contribution in [0.3, 0.4) is 0 Å². The fraction of sp³-hybridized carbons (Fsp3) is 0.174. The Bertz CT molecular complexity index is 1170. The van der Waals surface area contributed by atoms with E-state index < -0.39 is 0 Å². The summed E-state index contributed by atoms with van der Waals surface area (Å²) >= 11 is 1.46. The van der Waals surface area contributed by atoms with E-state index in [1.807, 2.05) is 54.0 Å². The molecule has 0 bridgehead atoms. The van der Waals surface area contributed by atoms with Gasteiger partial charge in [-0.3, -0.25) is 9.36 Å². The van der Waals surface area contributed by atoms with Gasteiger partial charge in [-0.2, -0.15) is 0 Å². The lowest BCUT2D eigenvalue weighted by molar-refractivity contribution is -0.116. The molecule has 0 spiro atoms. The van der Waals surface area contributed by atoms with Crippen molar-refractivity contribution in [1.82, 2.24) is 14.5 Å². The van der Waals surface area contributed by atoms with Crippen LogP contribution in [0.25, 0.3) is 27.8 Å². The Morgan fingerprint density at radius 3 is 2.52 bits per heavy atom. The second kappa shape index (κ2) is 8.09. The number of carbonyl (C=O) groups is 1. The van der Waals surface area contributed by atoms with Gasteiger partial charge in [-0.15, -0.1) is 0 Å². The molecule has 0 amide bonds. The minimum Gasteiger partial charge on any atom is -0.495 e. The van der Waals surface area contributed by atoms with Gasteiger partial charge in [-0.25, -0.2) is 9.97 Å². The van der Waals surface area contributed by atoms with Crippen LogP contribution in [-0.2, 0) is 4.79 Å². The molecule has 29 heavy (non-hydrogen) atoms. The van der Waals surface area contributed by atoms with Crippen LogP contribution in [0.1, 0.15) is 13.8 Å². The summed E-state index contributed by atoms with van der Waals surface area (Å²) in [6.07, 6.45) is 3.62. The van der Waals surface area contributed by atoms with E-state index in [1.54, 1.807) is 20.4 Å². The third kappa shape index (κ3) is 3.63. The van der Waals surface area contributed by atoms with E-state index in [4.69, 9.17) is 4.74 Å². The molecule has 1 atom stereocenters. The van der Waals surface area contributed by atoms with Gasteiger partial charge in [0.2, 0.25) is 0 Å².